The van der Waals surface area contributed by atoms with E-state index in [2.05, 4.69) is 15.5 Å². The monoisotopic (exact) mass is 469 g/mol. The van der Waals surface area contributed by atoms with E-state index in [0.29, 0.717) is 12.1 Å². The Hall–Kier alpha value is -3.56. The zero-order valence-corrected chi connectivity index (χ0v) is 18.2. The molecular formula is C23H18ClF2N5O2. The van der Waals surface area contributed by atoms with E-state index in [4.69, 9.17) is 22.1 Å². The molecule has 0 saturated heterocycles. The summed E-state index contributed by atoms with van der Waals surface area (Å²) in [5.41, 5.74) is 5.43. The Morgan fingerprint density at radius 2 is 2.06 bits per heavy atom. The molecule has 7 nitrogen and oxygen atoms in total. The van der Waals surface area contributed by atoms with Gasteiger partial charge in [0, 0.05) is 41.9 Å². The second-order valence-electron chi connectivity index (χ2n) is 7.85. The van der Waals surface area contributed by atoms with Crippen molar-refractivity contribution in [2.45, 2.75) is 12.0 Å². The molecule has 1 aliphatic heterocycles. The minimum atomic E-state index is -0.906. The van der Waals surface area contributed by atoms with Gasteiger partial charge in [-0.05, 0) is 12.6 Å². The van der Waals surface area contributed by atoms with E-state index in [9.17, 15) is 9.18 Å². The lowest BCUT2D eigenvalue weighted by atomic mass is 9.85. The van der Waals surface area contributed by atoms with Crippen LogP contribution in [0.15, 0.2) is 48.9 Å². The number of hydrogen-bond donors (Lipinski definition) is 2. The standard InChI is InChI=1S/C23H18ClF2N5O2/c1-28-10-23(12-5-3-2-4-6-12)8-13-16(33-23)7-15(25)19(24)17(13)18-14(21(27)32)9-31-11-29-30-22(31)20(18)26/h2-7,9,11,28H,8,10H2,1H3,(H2,27,32)/t23-/m1/s1. The molecule has 4 aromatic rings. The third-order valence-electron chi connectivity index (χ3n) is 5.86. The second kappa shape index (κ2) is 7.79. The highest BCUT2D eigenvalue weighted by molar-refractivity contribution is 6.34. The Morgan fingerprint density at radius 1 is 1.30 bits per heavy atom. The first-order valence-electron chi connectivity index (χ1n) is 10.1. The number of nitrogens with zero attached hydrogens (tertiary/aromatic N) is 3. The van der Waals surface area contributed by atoms with Crippen LogP contribution in [0.5, 0.6) is 5.75 Å². The van der Waals surface area contributed by atoms with Crippen LogP contribution in [0.4, 0.5) is 8.78 Å². The number of pyridine rings is 1. The molecule has 0 saturated carbocycles. The van der Waals surface area contributed by atoms with Gasteiger partial charge in [0.15, 0.2) is 17.1 Å². The average molecular weight is 470 g/mol. The topological polar surface area (TPSA) is 94.5 Å². The number of carbonyl (C=O) groups is 1. The lowest BCUT2D eigenvalue weighted by Gasteiger charge is -2.29. The first-order valence-corrected chi connectivity index (χ1v) is 10.5. The third kappa shape index (κ3) is 3.23. The van der Waals surface area contributed by atoms with Gasteiger partial charge >= 0.3 is 0 Å². The van der Waals surface area contributed by atoms with Crippen molar-refractivity contribution in [1.82, 2.24) is 19.9 Å². The number of nitrogens with one attached hydrogen (secondary N) is 1. The number of primary amides is 1. The van der Waals surface area contributed by atoms with Gasteiger partial charge in [0.05, 0.1) is 10.6 Å². The molecule has 0 radical (unpaired) electrons. The number of ether oxygens (including phenoxy) is 1. The van der Waals surface area contributed by atoms with Crippen LogP contribution in [-0.2, 0) is 12.0 Å². The van der Waals surface area contributed by atoms with Crippen molar-refractivity contribution in [3.8, 4) is 16.9 Å². The molecule has 1 atom stereocenters. The molecule has 0 bridgehead atoms. The minimum Gasteiger partial charge on any atom is -0.480 e. The Labute approximate surface area is 192 Å². The van der Waals surface area contributed by atoms with Crippen LogP contribution in [0.1, 0.15) is 21.5 Å². The molecule has 1 aliphatic rings. The Morgan fingerprint density at radius 3 is 2.76 bits per heavy atom. The van der Waals surface area contributed by atoms with Crippen molar-refractivity contribution in [3.63, 3.8) is 0 Å². The van der Waals surface area contributed by atoms with Gasteiger partial charge in [-0.2, -0.15) is 0 Å². The number of hydrogen-bond acceptors (Lipinski definition) is 5. The van der Waals surface area contributed by atoms with Crippen LogP contribution in [0.2, 0.25) is 5.02 Å². The molecular weight excluding hydrogens is 452 g/mol. The molecule has 2 aromatic heterocycles. The number of likely N-dealkylation sites (N-methyl/N-ethyl adjacent to an activating group) is 1. The van der Waals surface area contributed by atoms with E-state index < -0.39 is 23.1 Å². The van der Waals surface area contributed by atoms with Gasteiger partial charge in [-0.1, -0.05) is 41.9 Å². The molecule has 168 valence electrons. The summed E-state index contributed by atoms with van der Waals surface area (Å²) in [5, 5.41) is 10.2. The van der Waals surface area contributed by atoms with Crippen LogP contribution >= 0.6 is 11.6 Å². The highest BCUT2D eigenvalue weighted by atomic mass is 35.5. The molecule has 3 N–H and O–H groups in total. The smallest absolute Gasteiger partial charge is 0.250 e. The third-order valence-corrected chi connectivity index (χ3v) is 6.23. The fraction of sp³-hybridized carbons (Fsp3) is 0.174. The van der Waals surface area contributed by atoms with Gasteiger partial charge in [-0.3, -0.25) is 9.20 Å². The summed E-state index contributed by atoms with van der Waals surface area (Å²) in [5.74, 6) is -2.39. The Balaban J connectivity index is 1.80. The zero-order chi connectivity index (χ0) is 23.3. The summed E-state index contributed by atoms with van der Waals surface area (Å²) >= 11 is 6.39. The van der Waals surface area contributed by atoms with Gasteiger partial charge in [-0.15, -0.1) is 10.2 Å². The van der Waals surface area contributed by atoms with E-state index in [-0.39, 0.29) is 39.5 Å². The fourth-order valence-electron chi connectivity index (χ4n) is 4.45. The van der Waals surface area contributed by atoms with Gasteiger partial charge in [-0.25, -0.2) is 8.78 Å². The fourth-order valence-corrected chi connectivity index (χ4v) is 4.71. The summed E-state index contributed by atoms with van der Waals surface area (Å²) in [6.07, 6.45) is 2.79. The lowest BCUT2D eigenvalue weighted by molar-refractivity contribution is 0.0940. The van der Waals surface area contributed by atoms with E-state index in [1.54, 1.807) is 7.05 Å². The van der Waals surface area contributed by atoms with Crippen molar-refractivity contribution in [2.75, 3.05) is 13.6 Å². The average Bonchev–Trinajstić information content (AvgIpc) is 3.41. The number of aromatic nitrogens is 3. The maximum absolute atomic E-state index is 15.7. The first-order chi connectivity index (χ1) is 15.9. The van der Waals surface area contributed by atoms with Crippen molar-refractivity contribution >= 4 is 23.2 Å². The largest absolute Gasteiger partial charge is 0.480 e. The molecule has 0 spiro atoms. The molecule has 5 rings (SSSR count). The highest BCUT2D eigenvalue weighted by Gasteiger charge is 2.43. The van der Waals surface area contributed by atoms with E-state index >= 15 is 4.39 Å². The molecule has 2 aromatic carbocycles. The van der Waals surface area contributed by atoms with Gasteiger partial charge in [0.2, 0.25) is 0 Å². The normalized spacial score (nSPS) is 17.2. The first kappa shape index (κ1) is 21.3. The number of nitrogens with two attached hydrogens (primary N) is 1. The molecule has 3 heterocycles. The number of benzene rings is 2. The highest BCUT2D eigenvalue weighted by Crippen LogP contribution is 2.50. The number of amides is 1. The Kier molecular flexibility index (Phi) is 5.02. The van der Waals surface area contributed by atoms with E-state index in [1.165, 1.54) is 23.0 Å². The van der Waals surface area contributed by atoms with Gasteiger partial charge in [0.25, 0.3) is 5.91 Å². The maximum Gasteiger partial charge on any atom is 0.250 e. The van der Waals surface area contributed by atoms with Crippen LogP contribution in [0.25, 0.3) is 16.8 Å². The number of carbonyl (C=O) groups excluding carboxylic acids is 1. The second-order valence-corrected chi connectivity index (χ2v) is 8.23. The van der Waals surface area contributed by atoms with Crippen molar-refractivity contribution < 1.29 is 18.3 Å². The summed E-state index contributed by atoms with van der Waals surface area (Å²) in [6, 6.07) is 10.6. The number of halogens is 3. The quantitative estimate of drug-likeness (QED) is 0.466. The summed E-state index contributed by atoms with van der Waals surface area (Å²) in [6.45, 7) is 0.388. The zero-order valence-electron chi connectivity index (χ0n) is 17.4. The predicted octanol–water partition coefficient (Wildman–Crippen LogP) is 3.48. The van der Waals surface area contributed by atoms with Gasteiger partial charge in [0.1, 0.15) is 17.9 Å². The van der Waals surface area contributed by atoms with Crippen molar-refractivity contribution in [2.24, 2.45) is 5.73 Å². The van der Waals surface area contributed by atoms with Crippen molar-refractivity contribution in [3.05, 3.63) is 82.3 Å². The molecule has 1 amide bonds. The summed E-state index contributed by atoms with van der Waals surface area (Å²) in [4.78, 5) is 12.3. The number of fused-ring (bicyclic) bond motifs is 2. The predicted molar refractivity (Wildman–Crippen MR) is 118 cm³/mol. The minimum absolute atomic E-state index is 0.0115. The molecule has 0 unspecified atom stereocenters. The number of rotatable bonds is 5. The Bertz CT molecular complexity index is 1410. The van der Waals surface area contributed by atoms with E-state index in [0.717, 1.165) is 5.56 Å². The van der Waals surface area contributed by atoms with Crippen LogP contribution in [-0.4, -0.2) is 34.1 Å². The maximum atomic E-state index is 15.7. The van der Waals surface area contributed by atoms with Crippen LogP contribution in [0, 0.1) is 11.6 Å². The summed E-state index contributed by atoms with van der Waals surface area (Å²) in [7, 11) is 1.77. The van der Waals surface area contributed by atoms with E-state index in [1.807, 2.05) is 30.3 Å². The SMILES string of the molecule is CNC[C@@]1(c2ccccc2)Cc2c(cc(F)c(Cl)c2-c2c(C(N)=O)cn3cnnc3c2F)O1. The molecule has 33 heavy (non-hydrogen) atoms. The lowest BCUT2D eigenvalue weighted by Crippen LogP contribution is -2.41. The van der Waals surface area contributed by atoms with Gasteiger partial charge < -0.3 is 15.8 Å². The molecule has 0 fully saturated rings. The molecule has 10 heteroatoms. The van der Waals surface area contributed by atoms with Crippen molar-refractivity contribution in [1.29, 1.82) is 0 Å². The van der Waals surface area contributed by atoms with Crippen LogP contribution < -0.4 is 15.8 Å². The summed E-state index contributed by atoms with van der Waals surface area (Å²) < 4.78 is 38.2. The molecule has 0 aliphatic carbocycles. The van der Waals surface area contributed by atoms with Crippen LogP contribution in [0.3, 0.4) is 0 Å².